The summed E-state index contributed by atoms with van der Waals surface area (Å²) < 4.78 is 0.523. The van der Waals surface area contributed by atoms with E-state index >= 15 is 0 Å². The predicted octanol–water partition coefficient (Wildman–Crippen LogP) is 2.65. The molecule has 140 valence electrons. The molecule has 1 aliphatic heterocycles. The van der Waals surface area contributed by atoms with Gasteiger partial charge in [-0.15, -0.1) is 0 Å². The van der Waals surface area contributed by atoms with E-state index in [-0.39, 0.29) is 12.3 Å². The molecule has 5 nitrogen and oxygen atoms in total. The molecule has 7 heteroatoms. The first kappa shape index (κ1) is 20.5. The normalized spacial score (nSPS) is 15.8. The van der Waals surface area contributed by atoms with E-state index in [1.54, 1.807) is 4.90 Å². The molecule has 0 saturated carbocycles. The zero-order valence-electron chi connectivity index (χ0n) is 15.1. The summed E-state index contributed by atoms with van der Waals surface area (Å²) in [5.41, 5.74) is 2.12. The molecule has 1 aliphatic rings. The Labute approximate surface area is 164 Å². The molecule has 0 bridgehead atoms. The van der Waals surface area contributed by atoms with Gasteiger partial charge in [-0.25, -0.2) is 0 Å². The van der Waals surface area contributed by atoms with Crippen molar-refractivity contribution in [2.75, 3.05) is 24.5 Å². The molecule has 0 aliphatic carbocycles. The van der Waals surface area contributed by atoms with E-state index in [9.17, 15) is 14.7 Å². The summed E-state index contributed by atoms with van der Waals surface area (Å²) in [4.78, 5) is 27.4. The molecule has 1 fully saturated rings. The van der Waals surface area contributed by atoms with Gasteiger partial charge in [-0.05, 0) is 56.9 Å². The van der Waals surface area contributed by atoms with Crippen molar-refractivity contribution in [1.29, 1.82) is 0 Å². The van der Waals surface area contributed by atoms with Crippen LogP contribution in [0.1, 0.15) is 38.7 Å². The summed E-state index contributed by atoms with van der Waals surface area (Å²) in [5.74, 6) is -1.18. The van der Waals surface area contributed by atoms with Crippen LogP contribution in [0.3, 0.4) is 0 Å². The zero-order chi connectivity index (χ0) is 19.1. The number of hydrogen-bond donors (Lipinski definition) is 0. The highest BCUT2D eigenvalue weighted by atomic mass is 32.2. The third-order valence-electron chi connectivity index (χ3n) is 4.21. The number of rotatable bonds is 9. The Morgan fingerprint density at radius 1 is 1.23 bits per heavy atom. The number of hydrogen-bond acceptors (Lipinski definition) is 6. The van der Waals surface area contributed by atoms with Gasteiger partial charge in [0.05, 0.1) is 4.91 Å². The molecule has 26 heavy (non-hydrogen) atoms. The van der Waals surface area contributed by atoms with Gasteiger partial charge in [0.2, 0.25) is 0 Å². The minimum absolute atomic E-state index is 0.00349. The van der Waals surface area contributed by atoms with Crippen molar-refractivity contribution in [3.8, 4) is 0 Å². The van der Waals surface area contributed by atoms with Crippen LogP contribution in [0.25, 0.3) is 6.08 Å². The first-order valence-corrected chi connectivity index (χ1v) is 9.99. The molecule has 1 heterocycles. The van der Waals surface area contributed by atoms with Crippen LogP contribution in [0.2, 0.25) is 0 Å². The number of aliphatic carboxylic acids is 1. The van der Waals surface area contributed by atoms with Crippen molar-refractivity contribution in [2.24, 2.45) is 0 Å². The van der Waals surface area contributed by atoms with Crippen LogP contribution in [0, 0.1) is 0 Å². The van der Waals surface area contributed by atoms with Crippen molar-refractivity contribution in [3.63, 3.8) is 0 Å². The molecule has 1 aromatic rings. The molecule has 0 N–H and O–H groups in total. The lowest BCUT2D eigenvalue weighted by Crippen LogP contribution is -2.29. The number of thioether (sulfide) groups is 1. The van der Waals surface area contributed by atoms with E-state index in [1.165, 1.54) is 11.8 Å². The molecule has 1 saturated heterocycles. The lowest BCUT2D eigenvalue weighted by atomic mass is 10.1. The second-order valence-electron chi connectivity index (χ2n) is 5.93. The fourth-order valence-corrected chi connectivity index (χ4v) is 4.06. The van der Waals surface area contributed by atoms with Gasteiger partial charge in [0.15, 0.2) is 0 Å². The van der Waals surface area contributed by atoms with Gasteiger partial charge in [-0.2, -0.15) is 0 Å². The minimum Gasteiger partial charge on any atom is -0.550 e. The van der Waals surface area contributed by atoms with Crippen LogP contribution < -0.4 is 10.0 Å². The molecule has 0 unspecified atom stereocenters. The van der Waals surface area contributed by atoms with Crippen LogP contribution >= 0.6 is 24.0 Å². The van der Waals surface area contributed by atoms with E-state index in [0.717, 1.165) is 24.3 Å². The summed E-state index contributed by atoms with van der Waals surface area (Å²) in [6.07, 6.45) is 2.92. The van der Waals surface area contributed by atoms with Crippen molar-refractivity contribution in [3.05, 3.63) is 34.7 Å². The van der Waals surface area contributed by atoms with Crippen LogP contribution in [0.15, 0.2) is 29.2 Å². The number of nitrogens with zero attached hydrogens (tertiary/aromatic N) is 2. The third kappa shape index (κ3) is 5.32. The second kappa shape index (κ2) is 9.73. The van der Waals surface area contributed by atoms with Gasteiger partial charge in [-0.3, -0.25) is 9.69 Å². The van der Waals surface area contributed by atoms with E-state index in [2.05, 4.69) is 30.9 Å². The van der Waals surface area contributed by atoms with E-state index in [4.69, 9.17) is 12.2 Å². The topological polar surface area (TPSA) is 63.7 Å². The van der Waals surface area contributed by atoms with Crippen LogP contribution in [-0.4, -0.2) is 40.7 Å². The Morgan fingerprint density at radius 3 is 2.46 bits per heavy atom. The quantitative estimate of drug-likeness (QED) is 0.366. The fourth-order valence-electron chi connectivity index (χ4n) is 2.75. The Morgan fingerprint density at radius 2 is 1.88 bits per heavy atom. The smallest absolute Gasteiger partial charge is 0.266 e. The molecule has 0 spiro atoms. The number of anilines is 1. The molecule has 0 atom stereocenters. The van der Waals surface area contributed by atoms with Crippen molar-refractivity contribution < 1.29 is 14.7 Å². The number of benzene rings is 1. The Kier molecular flexibility index (Phi) is 7.66. The summed E-state index contributed by atoms with van der Waals surface area (Å²) in [7, 11) is 0. The Bertz CT molecular complexity index is 697. The second-order valence-corrected chi connectivity index (χ2v) is 7.60. The first-order valence-electron chi connectivity index (χ1n) is 8.76. The van der Waals surface area contributed by atoms with E-state index < -0.39 is 5.97 Å². The SMILES string of the molecule is CCN(CC)c1ccc(/C=C2\SC(=S)N(CCCCC(=O)[O-])C2=O)cc1. The molecule has 2 rings (SSSR count). The maximum Gasteiger partial charge on any atom is 0.266 e. The highest BCUT2D eigenvalue weighted by Crippen LogP contribution is 2.33. The standard InChI is InChI=1S/C19H24N2O3S2/c1-3-20(4-2)15-10-8-14(9-11-15)13-16-18(24)21(19(25)26-16)12-6-5-7-17(22)23/h8-11,13H,3-7,12H2,1-2H3,(H,22,23)/p-1/b16-13-. The monoisotopic (exact) mass is 391 g/mol. The number of carbonyl (C=O) groups excluding carboxylic acids is 2. The summed E-state index contributed by atoms with van der Waals surface area (Å²) in [6, 6.07) is 8.11. The lowest BCUT2D eigenvalue weighted by Gasteiger charge is -2.20. The van der Waals surface area contributed by atoms with Crippen LogP contribution in [-0.2, 0) is 9.59 Å². The highest BCUT2D eigenvalue weighted by Gasteiger charge is 2.31. The maximum absolute atomic E-state index is 12.5. The summed E-state index contributed by atoms with van der Waals surface area (Å²) in [5, 5.41) is 10.5. The summed E-state index contributed by atoms with van der Waals surface area (Å²) in [6.45, 7) is 6.58. The highest BCUT2D eigenvalue weighted by molar-refractivity contribution is 8.26. The Hall–Kier alpha value is -1.86. The summed E-state index contributed by atoms with van der Waals surface area (Å²) >= 11 is 6.58. The number of thiocarbonyl (C=S) groups is 1. The number of unbranched alkanes of at least 4 members (excludes halogenated alkanes) is 1. The number of amides is 1. The van der Waals surface area contributed by atoms with Crippen LogP contribution in [0.4, 0.5) is 5.69 Å². The molecular formula is C19H23N2O3S2-. The number of carbonyl (C=O) groups is 2. The minimum atomic E-state index is -1.07. The van der Waals surface area contributed by atoms with Crippen molar-refractivity contribution >= 4 is 51.9 Å². The van der Waals surface area contributed by atoms with E-state index in [0.29, 0.717) is 28.6 Å². The molecule has 1 amide bonds. The van der Waals surface area contributed by atoms with Gasteiger partial charge >= 0.3 is 0 Å². The van der Waals surface area contributed by atoms with Gasteiger partial charge in [0.25, 0.3) is 5.91 Å². The maximum atomic E-state index is 12.5. The average molecular weight is 392 g/mol. The van der Waals surface area contributed by atoms with Crippen LogP contribution in [0.5, 0.6) is 0 Å². The van der Waals surface area contributed by atoms with Gasteiger partial charge in [-0.1, -0.05) is 36.1 Å². The molecule has 0 aromatic heterocycles. The molecule has 1 aromatic carbocycles. The van der Waals surface area contributed by atoms with Gasteiger partial charge in [0, 0.05) is 31.3 Å². The number of carboxylic acid groups (broad SMARTS) is 1. The lowest BCUT2D eigenvalue weighted by molar-refractivity contribution is -0.305. The predicted molar refractivity (Wildman–Crippen MR) is 109 cm³/mol. The third-order valence-corrected chi connectivity index (χ3v) is 5.58. The largest absolute Gasteiger partial charge is 0.550 e. The van der Waals surface area contributed by atoms with Gasteiger partial charge in [0.1, 0.15) is 4.32 Å². The molecular weight excluding hydrogens is 368 g/mol. The first-order chi connectivity index (χ1) is 12.5. The Balaban J connectivity index is 2.01. The molecule has 0 radical (unpaired) electrons. The van der Waals surface area contributed by atoms with Gasteiger partial charge < -0.3 is 14.8 Å². The van der Waals surface area contributed by atoms with E-state index in [1.807, 2.05) is 18.2 Å². The fraction of sp³-hybridized carbons (Fsp3) is 0.421. The average Bonchev–Trinajstić information content (AvgIpc) is 2.88. The van der Waals surface area contributed by atoms with Crippen molar-refractivity contribution in [1.82, 2.24) is 4.90 Å². The zero-order valence-corrected chi connectivity index (χ0v) is 16.7. The van der Waals surface area contributed by atoms with Crippen molar-refractivity contribution in [2.45, 2.75) is 33.1 Å². The number of carboxylic acids is 1.